The van der Waals surface area contributed by atoms with E-state index in [4.69, 9.17) is 0 Å². The molecule has 14 heavy (non-hydrogen) atoms. The van der Waals surface area contributed by atoms with E-state index in [1.54, 1.807) is 19.3 Å². The van der Waals surface area contributed by atoms with E-state index >= 15 is 0 Å². The van der Waals surface area contributed by atoms with Crippen LogP contribution in [-0.4, -0.2) is 24.6 Å². The van der Waals surface area contributed by atoms with Crippen molar-refractivity contribution in [2.45, 2.75) is 13.3 Å². The molecule has 0 unspecified atom stereocenters. The molecular formula is C10H15N3O. The van der Waals surface area contributed by atoms with Gasteiger partial charge < -0.3 is 5.32 Å². The summed E-state index contributed by atoms with van der Waals surface area (Å²) in [4.78, 5) is 17.0. The van der Waals surface area contributed by atoms with Crippen LogP contribution in [0.4, 0.5) is 10.6 Å². The minimum Gasteiger partial charge on any atom is -0.338 e. The number of rotatable bonds is 3. The fourth-order valence-corrected chi connectivity index (χ4v) is 1.01. The largest absolute Gasteiger partial charge is 0.338 e. The van der Waals surface area contributed by atoms with Crippen LogP contribution in [0.25, 0.3) is 0 Å². The highest BCUT2D eigenvalue weighted by Crippen LogP contribution is 2.05. The van der Waals surface area contributed by atoms with Crippen molar-refractivity contribution in [1.29, 1.82) is 0 Å². The monoisotopic (exact) mass is 193 g/mol. The maximum atomic E-state index is 11.5. The van der Waals surface area contributed by atoms with Crippen molar-refractivity contribution in [2.24, 2.45) is 0 Å². The van der Waals surface area contributed by atoms with Crippen LogP contribution in [-0.2, 0) is 0 Å². The van der Waals surface area contributed by atoms with E-state index in [9.17, 15) is 4.79 Å². The molecule has 1 aromatic heterocycles. The maximum absolute atomic E-state index is 11.5. The zero-order valence-corrected chi connectivity index (χ0v) is 8.53. The van der Waals surface area contributed by atoms with E-state index in [1.807, 2.05) is 19.1 Å². The van der Waals surface area contributed by atoms with E-state index in [0.29, 0.717) is 12.4 Å². The highest BCUT2D eigenvalue weighted by Gasteiger charge is 2.09. The Morgan fingerprint density at radius 1 is 1.57 bits per heavy atom. The fraction of sp³-hybridized carbons (Fsp3) is 0.400. The van der Waals surface area contributed by atoms with Crippen molar-refractivity contribution < 1.29 is 4.79 Å². The van der Waals surface area contributed by atoms with Crippen LogP contribution in [0, 0.1) is 0 Å². The van der Waals surface area contributed by atoms with Crippen molar-refractivity contribution in [1.82, 2.24) is 10.3 Å². The van der Waals surface area contributed by atoms with Crippen LogP contribution in [0.5, 0.6) is 0 Å². The van der Waals surface area contributed by atoms with Gasteiger partial charge in [-0.2, -0.15) is 0 Å². The normalized spacial score (nSPS) is 9.57. The zero-order chi connectivity index (χ0) is 10.4. The van der Waals surface area contributed by atoms with Crippen LogP contribution in [0.3, 0.4) is 0 Å². The second-order valence-electron chi connectivity index (χ2n) is 2.98. The van der Waals surface area contributed by atoms with Gasteiger partial charge in [0.25, 0.3) is 0 Å². The van der Waals surface area contributed by atoms with Crippen LogP contribution in [0.2, 0.25) is 0 Å². The Hall–Kier alpha value is -1.58. The first-order chi connectivity index (χ1) is 6.75. The minimum absolute atomic E-state index is 0.120. The molecule has 0 fully saturated rings. The predicted octanol–water partition coefficient (Wildman–Crippen LogP) is 1.64. The highest BCUT2D eigenvalue weighted by atomic mass is 16.2. The van der Waals surface area contributed by atoms with Gasteiger partial charge in [0, 0.05) is 19.8 Å². The Morgan fingerprint density at radius 2 is 2.36 bits per heavy atom. The molecule has 0 radical (unpaired) electrons. The molecule has 0 aliphatic heterocycles. The van der Waals surface area contributed by atoms with Crippen molar-refractivity contribution in [2.75, 3.05) is 18.5 Å². The van der Waals surface area contributed by atoms with Crippen molar-refractivity contribution in [3.8, 4) is 0 Å². The van der Waals surface area contributed by atoms with Crippen LogP contribution < -0.4 is 10.2 Å². The summed E-state index contributed by atoms with van der Waals surface area (Å²) in [6, 6.07) is 5.35. The number of carbonyl (C=O) groups is 1. The maximum Gasteiger partial charge on any atom is 0.322 e. The van der Waals surface area contributed by atoms with E-state index in [2.05, 4.69) is 10.3 Å². The number of urea groups is 1. The molecule has 1 heterocycles. The first-order valence-corrected chi connectivity index (χ1v) is 4.68. The van der Waals surface area contributed by atoms with Gasteiger partial charge in [0.15, 0.2) is 0 Å². The predicted molar refractivity (Wildman–Crippen MR) is 56.3 cm³/mol. The third-order valence-corrected chi connectivity index (χ3v) is 1.82. The zero-order valence-electron chi connectivity index (χ0n) is 8.53. The summed E-state index contributed by atoms with van der Waals surface area (Å²) < 4.78 is 0. The first-order valence-electron chi connectivity index (χ1n) is 4.68. The topological polar surface area (TPSA) is 45.2 Å². The Kier molecular flexibility index (Phi) is 3.91. The number of nitrogens with zero attached hydrogens (tertiary/aromatic N) is 2. The van der Waals surface area contributed by atoms with Gasteiger partial charge in [-0.15, -0.1) is 0 Å². The molecule has 0 aliphatic carbocycles. The fourth-order valence-electron chi connectivity index (χ4n) is 1.01. The molecule has 1 rings (SSSR count). The molecule has 1 N–H and O–H groups in total. The number of hydrogen-bond donors (Lipinski definition) is 1. The van der Waals surface area contributed by atoms with Gasteiger partial charge in [-0.25, -0.2) is 9.78 Å². The average molecular weight is 193 g/mol. The summed E-state index contributed by atoms with van der Waals surface area (Å²) >= 11 is 0. The molecule has 4 nitrogen and oxygen atoms in total. The molecule has 2 amide bonds. The lowest BCUT2D eigenvalue weighted by Gasteiger charge is -2.16. The standard InChI is InChI=1S/C10H15N3O/c1-3-7-12-10(14)13(2)9-6-4-5-8-11-9/h4-6,8H,3,7H2,1-2H3,(H,12,14). The minimum atomic E-state index is -0.120. The molecule has 0 aromatic carbocycles. The lowest BCUT2D eigenvalue weighted by Crippen LogP contribution is -2.37. The van der Waals surface area contributed by atoms with E-state index in [-0.39, 0.29) is 6.03 Å². The number of hydrogen-bond acceptors (Lipinski definition) is 2. The van der Waals surface area contributed by atoms with Gasteiger partial charge >= 0.3 is 6.03 Å². The smallest absolute Gasteiger partial charge is 0.322 e. The second-order valence-corrected chi connectivity index (χ2v) is 2.98. The number of amides is 2. The lowest BCUT2D eigenvalue weighted by atomic mass is 10.4. The average Bonchev–Trinajstić information content (AvgIpc) is 2.26. The van der Waals surface area contributed by atoms with Gasteiger partial charge in [0.1, 0.15) is 5.82 Å². The second kappa shape index (κ2) is 5.21. The molecule has 0 bridgehead atoms. The van der Waals surface area contributed by atoms with Crippen molar-refractivity contribution in [3.63, 3.8) is 0 Å². The Bertz CT molecular complexity index is 287. The molecule has 0 atom stereocenters. The lowest BCUT2D eigenvalue weighted by molar-refractivity contribution is 0.247. The van der Waals surface area contributed by atoms with Gasteiger partial charge in [0.2, 0.25) is 0 Å². The van der Waals surface area contributed by atoms with Crippen LogP contribution in [0.1, 0.15) is 13.3 Å². The van der Waals surface area contributed by atoms with E-state index in [0.717, 1.165) is 6.42 Å². The number of carbonyl (C=O) groups excluding carboxylic acids is 1. The highest BCUT2D eigenvalue weighted by molar-refractivity contribution is 5.90. The Labute approximate surface area is 83.9 Å². The molecular weight excluding hydrogens is 178 g/mol. The van der Waals surface area contributed by atoms with Gasteiger partial charge in [-0.05, 0) is 18.6 Å². The van der Waals surface area contributed by atoms with Gasteiger partial charge in [-0.3, -0.25) is 4.90 Å². The molecule has 0 saturated carbocycles. The summed E-state index contributed by atoms with van der Waals surface area (Å²) in [6.45, 7) is 2.71. The molecule has 4 heteroatoms. The summed E-state index contributed by atoms with van der Waals surface area (Å²) in [7, 11) is 1.70. The van der Waals surface area contributed by atoms with Crippen molar-refractivity contribution >= 4 is 11.8 Å². The third-order valence-electron chi connectivity index (χ3n) is 1.82. The van der Waals surface area contributed by atoms with Crippen LogP contribution >= 0.6 is 0 Å². The molecule has 76 valence electrons. The summed E-state index contributed by atoms with van der Waals surface area (Å²) in [5.74, 6) is 0.654. The summed E-state index contributed by atoms with van der Waals surface area (Å²) in [5.41, 5.74) is 0. The van der Waals surface area contributed by atoms with Gasteiger partial charge in [0.05, 0.1) is 0 Å². The Morgan fingerprint density at radius 3 is 2.93 bits per heavy atom. The molecule has 1 aromatic rings. The first kappa shape index (κ1) is 10.5. The van der Waals surface area contributed by atoms with E-state index < -0.39 is 0 Å². The SMILES string of the molecule is CCCNC(=O)N(C)c1ccccn1. The Balaban J connectivity index is 2.57. The molecule has 0 spiro atoms. The molecule has 0 aliphatic rings. The number of anilines is 1. The number of nitrogens with one attached hydrogen (secondary N) is 1. The molecule has 0 saturated heterocycles. The number of pyridine rings is 1. The summed E-state index contributed by atoms with van der Waals surface area (Å²) in [5, 5.41) is 2.78. The quantitative estimate of drug-likeness (QED) is 0.793. The van der Waals surface area contributed by atoms with Crippen molar-refractivity contribution in [3.05, 3.63) is 24.4 Å². The van der Waals surface area contributed by atoms with E-state index in [1.165, 1.54) is 4.90 Å². The number of aromatic nitrogens is 1. The third kappa shape index (κ3) is 2.73. The van der Waals surface area contributed by atoms with Gasteiger partial charge in [-0.1, -0.05) is 13.0 Å². The van der Waals surface area contributed by atoms with Crippen LogP contribution in [0.15, 0.2) is 24.4 Å². The summed E-state index contributed by atoms with van der Waals surface area (Å²) in [6.07, 6.45) is 2.60.